The zero-order valence-corrected chi connectivity index (χ0v) is 5.31. The minimum absolute atomic E-state index is 0.463. The zero-order chi connectivity index (χ0) is 5.82. The standard InChI is InChI=1S/C6H13NO/c1-6-2-3-7-4-5-8-6/h6-7H,2-5H2,1H3/t6-/m0/s1. The first kappa shape index (κ1) is 6.05. The summed E-state index contributed by atoms with van der Waals surface area (Å²) in [5, 5.41) is 3.25. The van der Waals surface area contributed by atoms with E-state index in [-0.39, 0.29) is 0 Å². The van der Waals surface area contributed by atoms with Crippen molar-refractivity contribution in [3.63, 3.8) is 0 Å². The summed E-state index contributed by atoms with van der Waals surface area (Å²) < 4.78 is 5.34. The Morgan fingerprint density at radius 2 is 2.38 bits per heavy atom. The van der Waals surface area contributed by atoms with Crippen molar-refractivity contribution >= 4 is 0 Å². The molecule has 1 N–H and O–H groups in total. The van der Waals surface area contributed by atoms with Crippen LogP contribution in [-0.2, 0) is 4.74 Å². The molecule has 1 saturated heterocycles. The van der Waals surface area contributed by atoms with Gasteiger partial charge in [0.2, 0.25) is 0 Å². The average Bonchev–Trinajstić information content (AvgIpc) is 1.94. The molecule has 1 aliphatic rings. The van der Waals surface area contributed by atoms with E-state index in [1.165, 1.54) is 0 Å². The van der Waals surface area contributed by atoms with Gasteiger partial charge in [-0.05, 0) is 19.9 Å². The Labute approximate surface area is 50.2 Å². The lowest BCUT2D eigenvalue weighted by atomic mass is 10.3. The molecule has 48 valence electrons. The monoisotopic (exact) mass is 115 g/mol. The van der Waals surface area contributed by atoms with Crippen LogP contribution in [0.2, 0.25) is 0 Å². The summed E-state index contributed by atoms with van der Waals surface area (Å²) in [6, 6.07) is 0. The molecule has 0 amide bonds. The van der Waals surface area contributed by atoms with Gasteiger partial charge in [0.05, 0.1) is 12.7 Å². The van der Waals surface area contributed by atoms with Gasteiger partial charge in [-0.2, -0.15) is 0 Å². The van der Waals surface area contributed by atoms with E-state index >= 15 is 0 Å². The molecule has 1 fully saturated rings. The molecule has 1 rings (SSSR count). The van der Waals surface area contributed by atoms with Crippen LogP contribution in [0.25, 0.3) is 0 Å². The molecule has 8 heavy (non-hydrogen) atoms. The predicted octanol–water partition coefficient (Wildman–Crippen LogP) is 0.385. The molecule has 1 heterocycles. The Morgan fingerprint density at radius 3 is 3.25 bits per heavy atom. The van der Waals surface area contributed by atoms with Crippen LogP contribution in [-0.4, -0.2) is 25.8 Å². The van der Waals surface area contributed by atoms with Crippen LogP contribution in [0.5, 0.6) is 0 Å². The smallest absolute Gasteiger partial charge is 0.0594 e. The lowest BCUT2D eigenvalue weighted by Gasteiger charge is -2.04. The van der Waals surface area contributed by atoms with E-state index in [0.29, 0.717) is 6.10 Å². The second-order valence-electron chi connectivity index (χ2n) is 2.22. The zero-order valence-electron chi connectivity index (χ0n) is 5.31. The van der Waals surface area contributed by atoms with Gasteiger partial charge in [0.25, 0.3) is 0 Å². The fourth-order valence-electron chi connectivity index (χ4n) is 0.846. The van der Waals surface area contributed by atoms with Crippen LogP contribution >= 0.6 is 0 Å². The van der Waals surface area contributed by atoms with Crippen molar-refractivity contribution in [1.29, 1.82) is 0 Å². The number of hydrogen-bond donors (Lipinski definition) is 1. The van der Waals surface area contributed by atoms with Crippen molar-refractivity contribution in [2.75, 3.05) is 19.7 Å². The fraction of sp³-hybridized carbons (Fsp3) is 1.00. The summed E-state index contributed by atoms with van der Waals surface area (Å²) in [6.07, 6.45) is 1.62. The van der Waals surface area contributed by atoms with Crippen molar-refractivity contribution in [2.45, 2.75) is 19.4 Å². The van der Waals surface area contributed by atoms with Gasteiger partial charge in [-0.1, -0.05) is 0 Å². The van der Waals surface area contributed by atoms with Gasteiger partial charge in [-0.25, -0.2) is 0 Å². The van der Waals surface area contributed by atoms with Crippen molar-refractivity contribution in [3.05, 3.63) is 0 Å². The lowest BCUT2D eigenvalue weighted by molar-refractivity contribution is 0.0783. The van der Waals surface area contributed by atoms with E-state index in [4.69, 9.17) is 4.74 Å². The van der Waals surface area contributed by atoms with Gasteiger partial charge in [0, 0.05) is 6.54 Å². The second-order valence-corrected chi connectivity index (χ2v) is 2.22. The first-order valence-corrected chi connectivity index (χ1v) is 3.22. The van der Waals surface area contributed by atoms with E-state index in [9.17, 15) is 0 Å². The highest BCUT2D eigenvalue weighted by molar-refractivity contribution is 4.58. The first-order chi connectivity index (χ1) is 3.89. The molecule has 0 spiro atoms. The van der Waals surface area contributed by atoms with E-state index < -0.39 is 0 Å². The van der Waals surface area contributed by atoms with E-state index in [1.54, 1.807) is 0 Å². The molecule has 0 aromatic carbocycles. The molecule has 0 radical (unpaired) electrons. The Balaban J connectivity index is 2.17. The van der Waals surface area contributed by atoms with Gasteiger partial charge in [-0.15, -0.1) is 0 Å². The molecule has 0 unspecified atom stereocenters. The van der Waals surface area contributed by atoms with Crippen molar-refractivity contribution < 1.29 is 4.74 Å². The van der Waals surface area contributed by atoms with Crippen LogP contribution in [0.15, 0.2) is 0 Å². The number of hydrogen-bond acceptors (Lipinski definition) is 2. The van der Waals surface area contributed by atoms with Gasteiger partial charge in [-0.3, -0.25) is 0 Å². The summed E-state index contributed by atoms with van der Waals surface area (Å²) in [7, 11) is 0. The minimum Gasteiger partial charge on any atom is -0.377 e. The van der Waals surface area contributed by atoms with E-state index in [0.717, 1.165) is 26.1 Å². The molecule has 1 atom stereocenters. The molecule has 2 nitrogen and oxygen atoms in total. The molecule has 0 saturated carbocycles. The predicted molar refractivity (Wildman–Crippen MR) is 32.9 cm³/mol. The quantitative estimate of drug-likeness (QED) is 0.493. The van der Waals surface area contributed by atoms with Gasteiger partial charge >= 0.3 is 0 Å². The number of ether oxygens (including phenoxy) is 1. The van der Waals surface area contributed by atoms with Crippen LogP contribution in [0, 0.1) is 0 Å². The highest BCUT2D eigenvalue weighted by Crippen LogP contribution is 1.97. The lowest BCUT2D eigenvalue weighted by Crippen LogP contribution is -2.16. The molecule has 0 bridgehead atoms. The maximum atomic E-state index is 5.34. The Hall–Kier alpha value is -0.0800. The second kappa shape index (κ2) is 3.05. The third-order valence-corrected chi connectivity index (χ3v) is 1.41. The van der Waals surface area contributed by atoms with Crippen LogP contribution < -0.4 is 5.32 Å². The van der Waals surface area contributed by atoms with E-state index in [2.05, 4.69) is 12.2 Å². The van der Waals surface area contributed by atoms with Crippen molar-refractivity contribution in [1.82, 2.24) is 5.32 Å². The van der Waals surface area contributed by atoms with Crippen LogP contribution in [0.4, 0.5) is 0 Å². The van der Waals surface area contributed by atoms with Crippen molar-refractivity contribution in [2.24, 2.45) is 0 Å². The SMILES string of the molecule is C[C@H]1CCNCCO1. The molecular weight excluding hydrogens is 102 g/mol. The number of rotatable bonds is 0. The summed E-state index contributed by atoms with van der Waals surface area (Å²) >= 11 is 0. The van der Waals surface area contributed by atoms with Crippen LogP contribution in [0.3, 0.4) is 0 Å². The number of nitrogens with one attached hydrogen (secondary N) is 1. The highest BCUT2D eigenvalue weighted by atomic mass is 16.5. The Morgan fingerprint density at radius 1 is 1.50 bits per heavy atom. The Bertz CT molecular complexity index is 57.5. The average molecular weight is 115 g/mol. The summed E-state index contributed by atoms with van der Waals surface area (Å²) in [5.41, 5.74) is 0. The molecule has 0 aromatic heterocycles. The minimum atomic E-state index is 0.463. The van der Waals surface area contributed by atoms with Gasteiger partial charge in [0.1, 0.15) is 0 Å². The van der Waals surface area contributed by atoms with Crippen LogP contribution in [0.1, 0.15) is 13.3 Å². The van der Waals surface area contributed by atoms with E-state index in [1.807, 2.05) is 0 Å². The third kappa shape index (κ3) is 1.80. The third-order valence-electron chi connectivity index (χ3n) is 1.41. The normalized spacial score (nSPS) is 31.9. The highest BCUT2D eigenvalue weighted by Gasteiger charge is 2.04. The maximum Gasteiger partial charge on any atom is 0.0594 e. The maximum absolute atomic E-state index is 5.34. The molecule has 0 aliphatic carbocycles. The molecular formula is C6H13NO. The Kier molecular flexibility index (Phi) is 2.30. The fourth-order valence-corrected chi connectivity index (χ4v) is 0.846. The topological polar surface area (TPSA) is 21.3 Å². The molecule has 0 aromatic rings. The van der Waals surface area contributed by atoms with Gasteiger partial charge < -0.3 is 10.1 Å². The van der Waals surface area contributed by atoms with Gasteiger partial charge in [0.15, 0.2) is 0 Å². The summed E-state index contributed by atoms with van der Waals surface area (Å²) in [6.45, 7) is 5.12. The molecule has 1 aliphatic heterocycles. The summed E-state index contributed by atoms with van der Waals surface area (Å²) in [4.78, 5) is 0. The largest absolute Gasteiger partial charge is 0.377 e. The first-order valence-electron chi connectivity index (χ1n) is 3.22. The summed E-state index contributed by atoms with van der Waals surface area (Å²) in [5.74, 6) is 0. The van der Waals surface area contributed by atoms with Crippen molar-refractivity contribution in [3.8, 4) is 0 Å². The molecule has 2 heteroatoms.